The summed E-state index contributed by atoms with van der Waals surface area (Å²) < 4.78 is 37.5. The maximum Gasteiger partial charge on any atom is 0.410 e. The minimum absolute atomic E-state index is 0.00985. The number of rotatable bonds is 7. The van der Waals surface area contributed by atoms with E-state index in [0.717, 1.165) is 31.0 Å². The number of pyridine rings is 1. The Morgan fingerprint density at radius 1 is 1.17 bits per heavy atom. The third-order valence-electron chi connectivity index (χ3n) is 7.06. The highest BCUT2D eigenvalue weighted by Crippen LogP contribution is 2.35. The molecule has 13 heteroatoms. The second-order valence-electron chi connectivity index (χ2n) is 11.8. The Hall–Kier alpha value is -3.84. The highest BCUT2D eigenvalue weighted by Gasteiger charge is 2.26. The molecule has 0 bridgehead atoms. The van der Waals surface area contributed by atoms with Crippen LogP contribution in [0.5, 0.6) is 0 Å². The number of nitrogens with zero attached hydrogens (tertiary/aromatic N) is 5. The number of ether oxygens (including phenoxy) is 1. The maximum absolute atomic E-state index is 15.2. The largest absolute Gasteiger partial charge is 0.444 e. The van der Waals surface area contributed by atoms with Crippen LogP contribution in [0.3, 0.4) is 0 Å². The van der Waals surface area contributed by atoms with E-state index in [9.17, 15) is 4.79 Å². The average Bonchev–Trinajstić information content (AvgIpc) is 3.62. The van der Waals surface area contributed by atoms with Crippen LogP contribution < -0.4 is 16.4 Å². The van der Waals surface area contributed by atoms with Crippen LogP contribution in [0.1, 0.15) is 39.2 Å². The van der Waals surface area contributed by atoms with E-state index in [2.05, 4.69) is 25.6 Å². The van der Waals surface area contributed by atoms with Crippen LogP contribution in [0.25, 0.3) is 11.1 Å². The number of nitrogen functional groups attached to an aromatic ring is 1. The van der Waals surface area contributed by atoms with Crippen molar-refractivity contribution in [1.29, 1.82) is 0 Å². The molecule has 224 valence electrons. The normalized spacial score (nSPS) is 15.9. The molecule has 2 aromatic heterocycles. The van der Waals surface area contributed by atoms with Gasteiger partial charge in [-0.15, -0.1) is 0 Å². The molecule has 3 aromatic rings. The number of anilines is 3. The topological polar surface area (TPSA) is 114 Å². The number of nitrogens with one attached hydrogen (secondary N) is 2. The van der Waals surface area contributed by atoms with Gasteiger partial charge in [-0.1, -0.05) is 0 Å². The first kappa shape index (κ1) is 29.6. The van der Waals surface area contributed by atoms with Crippen molar-refractivity contribution in [3.63, 3.8) is 0 Å². The van der Waals surface area contributed by atoms with Gasteiger partial charge in [0.15, 0.2) is 10.9 Å². The summed E-state index contributed by atoms with van der Waals surface area (Å²) in [6.07, 6.45) is 6.73. The lowest BCUT2D eigenvalue weighted by Crippen LogP contribution is -2.49. The molecule has 5 rings (SSSR count). The van der Waals surface area contributed by atoms with E-state index in [0.29, 0.717) is 50.0 Å². The molecule has 1 saturated carbocycles. The zero-order valence-electron chi connectivity index (χ0n) is 24.0. The first-order valence-electron chi connectivity index (χ1n) is 14.0. The van der Waals surface area contributed by atoms with Crippen molar-refractivity contribution in [2.45, 2.75) is 52.3 Å². The number of halogens is 2. The van der Waals surface area contributed by atoms with Crippen molar-refractivity contribution < 1.29 is 18.3 Å². The third kappa shape index (κ3) is 7.51. The number of aromatic nitrogens is 3. The fraction of sp³-hybridized carbons (Fsp3) is 0.448. The number of hydrogen-bond donors (Lipinski definition) is 3. The van der Waals surface area contributed by atoms with Gasteiger partial charge in [0.2, 0.25) is 0 Å². The summed E-state index contributed by atoms with van der Waals surface area (Å²) in [6.45, 7) is 9.52. The molecule has 42 heavy (non-hydrogen) atoms. The molecule has 0 unspecified atom stereocenters. The SMILES string of the molecule is CC(C)(C)OC(=O)N1CCN(Cc2ccnc(NC(=S)Nc3cc(F)c(-c4cnn(CC5CC5)c4)c(F)c3N)c2)CC1. The first-order chi connectivity index (χ1) is 19.9. The molecule has 1 amide bonds. The molecule has 0 spiro atoms. The molecular weight excluding hydrogens is 562 g/mol. The average molecular weight is 599 g/mol. The lowest BCUT2D eigenvalue weighted by molar-refractivity contribution is 0.0139. The van der Waals surface area contributed by atoms with Gasteiger partial charge in [0.1, 0.15) is 17.2 Å². The van der Waals surface area contributed by atoms with Crippen molar-refractivity contribution in [3.8, 4) is 11.1 Å². The van der Waals surface area contributed by atoms with Crippen LogP contribution >= 0.6 is 12.2 Å². The van der Waals surface area contributed by atoms with Crippen LogP contribution in [-0.4, -0.2) is 67.6 Å². The highest BCUT2D eigenvalue weighted by atomic mass is 32.1. The molecule has 1 saturated heterocycles. The summed E-state index contributed by atoms with van der Waals surface area (Å²) in [5.74, 6) is -0.603. The minimum atomic E-state index is -0.877. The van der Waals surface area contributed by atoms with E-state index in [1.165, 1.54) is 6.20 Å². The van der Waals surface area contributed by atoms with Crippen molar-refractivity contribution in [2.75, 3.05) is 42.5 Å². The zero-order valence-corrected chi connectivity index (χ0v) is 24.8. The fourth-order valence-corrected chi connectivity index (χ4v) is 4.96. The number of hydrogen-bond acceptors (Lipinski definition) is 7. The molecule has 1 aliphatic carbocycles. The number of carbonyl (C=O) groups is 1. The molecule has 4 N–H and O–H groups in total. The monoisotopic (exact) mass is 598 g/mol. The van der Waals surface area contributed by atoms with Gasteiger partial charge in [-0.3, -0.25) is 9.58 Å². The van der Waals surface area contributed by atoms with Gasteiger partial charge >= 0.3 is 6.09 Å². The predicted octanol–water partition coefficient (Wildman–Crippen LogP) is 5.08. The molecule has 2 fully saturated rings. The number of thiocarbonyl (C=S) groups is 1. The second-order valence-corrected chi connectivity index (χ2v) is 12.2. The van der Waals surface area contributed by atoms with E-state index in [-0.39, 0.29) is 28.1 Å². The van der Waals surface area contributed by atoms with Crippen molar-refractivity contribution in [1.82, 2.24) is 24.6 Å². The lowest BCUT2D eigenvalue weighted by atomic mass is 10.1. The van der Waals surface area contributed by atoms with Gasteiger partial charge in [-0.25, -0.2) is 18.6 Å². The molecule has 0 atom stereocenters. The van der Waals surface area contributed by atoms with E-state index in [1.54, 1.807) is 22.0 Å². The summed E-state index contributed by atoms with van der Waals surface area (Å²) in [7, 11) is 0. The Labute approximate surface area is 249 Å². The number of amides is 1. The number of carbonyl (C=O) groups excluding carboxylic acids is 1. The molecule has 3 heterocycles. The van der Waals surface area contributed by atoms with Gasteiger partial charge in [0, 0.05) is 63.3 Å². The maximum atomic E-state index is 15.2. The standard InChI is InChI=1S/C29H36F2N8O2S/c1-29(2,3)41-28(40)38-10-8-37(9-11-38)15-19-6-7-33-23(12-19)36-27(42)35-22-13-21(30)24(25(31)26(22)32)20-14-34-39(17-20)16-18-4-5-18/h6-7,12-14,17-18H,4-5,8-11,15-16,32H2,1-3H3,(H2,33,35,36,42). The molecule has 2 aliphatic rings. The van der Waals surface area contributed by atoms with E-state index < -0.39 is 17.2 Å². The van der Waals surface area contributed by atoms with Crippen LogP contribution in [0.2, 0.25) is 0 Å². The smallest absolute Gasteiger partial charge is 0.410 e. The Morgan fingerprint density at radius 3 is 2.60 bits per heavy atom. The summed E-state index contributed by atoms with van der Waals surface area (Å²) in [6, 6.07) is 4.87. The Kier molecular flexibility index (Phi) is 8.60. The second kappa shape index (κ2) is 12.2. The van der Waals surface area contributed by atoms with Gasteiger partial charge in [0.25, 0.3) is 0 Å². The van der Waals surface area contributed by atoms with Crippen LogP contribution in [0.4, 0.5) is 30.8 Å². The summed E-state index contributed by atoms with van der Waals surface area (Å²) in [4.78, 5) is 20.6. The number of benzene rings is 1. The van der Waals surface area contributed by atoms with E-state index in [4.69, 9.17) is 22.7 Å². The summed E-state index contributed by atoms with van der Waals surface area (Å²) in [5, 5.41) is 10.1. The molecule has 1 aromatic carbocycles. The lowest BCUT2D eigenvalue weighted by Gasteiger charge is -2.35. The zero-order chi connectivity index (χ0) is 30.0. The van der Waals surface area contributed by atoms with E-state index >= 15 is 8.78 Å². The van der Waals surface area contributed by atoms with Crippen molar-refractivity contribution in [3.05, 3.63) is 54.0 Å². The van der Waals surface area contributed by atoms with Crippen LogP contribution in [-0.2, 0) is 17.8 Å². The van der Waals surface area contributed by atoms with Crippen molar-refractivity contribution in [2.24, 2.45) is 5.92 Å². The molecule has 10 nitrogen and oxygen atoms in total. The van der Waals surface area contributed by atoms with Gasteiger partial charge in [-0.05, 0) is 69.4 Å². The van der Waals surface area contributed by atoms with Crippen LogP contribution in [0.15, 0.2) is 36.8 Å². The highest BCUT2D eigenvalue weighted by molar-refractivity contribution is 7.80. The van der Waals surface area contributed by atoms with Gasteiger partial charge in [0.05, 0.1) is 23.1 Å². The summed E-state index contributed by atoms with van der Waals surface area (Å²) >= 11 is 5.38. The Balaban J connectivity index is 1.17. The minimum Gasteiger partial charge on any atom is -0.444 e. The first-order valence-corrected chi connectivity index (χ1v) is 14.4. The Morgan fingerprint density at radius 2 is 1.90 bits per heavy atom. The molecule has 1 aliphatic heterocycles. The van der Waals surface area contributed by atoms with Gasteiger partial charge in [-0.2, -0.15) is 5.10 Å². The molecular formula is C29H36F2N8O2S. The quantitative estimate of drug-likeness (QED) is 0.253. The third-order valence-corrected chi connectivity index (χ3v) is 7.27. The predicted molar refractivity (Wildman–Crippen MR) is 162 cm³/mol. The van der Waals surface area contributed by atoms with Crippen molar-refractivity contribution >= 4 is 40.6 Å². The van der Waals surface area contributed by atoms with Crippen LogP contribution in [0, 0.1) is 17.6 Å². The van der Waals surface area contributed by atoms with Gasteiger partial charge < -0.3 is 26.0 Å². The Bertz CT molecular complexity index is 1460. The molecule has 0 radical (unpaired) electrons. The fourth-order valence-electron chi connectivity index (χ4n) is 4.74. The van der Waals surface area contributed by atoms with E-state index in [1.807, 2.05) is 32.9 Å². The number of piperazine rings is 1. The number of nitrogens with two attached hydrogens (primary N) is 1. The summed E-state index contributed by atoms with van der Waals surface area (Å²) in [5.41, 5.74) is 6.37.